The topological polar surface area (TPSA) is 33.7 Å². The van der Waals surface area contributed by atoms with Crippen molar-refractivity contribution in [2.24, 2.45) is 5.92 Å². The summed E-state index contributed by atoms with van der Waals surface area (Å²) in [7, 11) is 3.35. The summed E-state index contributed by atoms with van der Waals surface area (Å²) in [6.07, 6.45) is 3.74. The van der Waals surface area contributed by atoms with Gasteiger partial charge in [-0.05, 0) is 69.4 Å². The van der Waals surface area contributed by atoms with Crippen LogP contribution in [0.15, 0.2) is 18.2 Å². The van der Waals surface area contributed by atoms with E-state index in [2.05, 4.69) is 36.2 Å². The van der Waals surface area contributed by atoms with Crippen LogP contribution in [0, 0.1) is 5.92 Å². The number of nitrogens with one attached hydrogen (secondary N) is 1. The van der Waals surface area contributed by atoms with Crippen molar-refractivity contribution in [2.45, 2.75) is 39.2 Å². The van der Waals surface area contributed by atoms with E-state index in [1.165, 1.54) is 38.0 Å². The van der Waals surface area contributed by atoms with Crippen molar-refractivity contribution in [2.75, 3.05) is 40.4 Å². The molecule has 0 amide bonds. The summed E-state index contributed by atoms with van der Waals surface area (Å²) in [5.74, 6) is 2.29. The van der Waals surface area contributed by atoms with Gasteiger partial charge in [0.25, 0.3) is 0 Å². The second kappa shape index (κ2) is 9.14. The van der Waals surface area contributed by atoms with Crippen molar-refractivity contribution in [1.29, 1.82) is 0 Å². The van der Waals surface area contributed by atoms with E-state index in [4.69, 9.17) is 9.47 Å². The van der Waals surface area contributed by atoms with Gasteiger partial charge in [-0.15, -0.1) is 0 Å². The van der Waals surface area contributed by atoms with E-state index in [-0.39, 0.29) is 0 Å². The molecule has 2 rings (SSSR count). The Morgan fingerprint density at radius 3 is 2.43 bits per heavy atom. The molecule has 2 unspecified atom stereocenters. The Kier molecular flexibility index (Phi) is 7.18. The van der Waals surface area contributed by atoms with Crippen molar-refractivity contribution in [3.63, 3.8) is 0 Å². The van der Waals surface area contributed by atoms with E-state index in [1.807, 2.05) is 6.07 Å². The van der Waals surface area contributed by atoms with Gasteiger partial charge in [0.15, 0.2) is 11.5 Å². The van der Waals surface area contributed by atoms with Crippen molar-refractivity contribution in [3.05, 3.63) is 23.8 Å². The van der Waals surface area contributed by atoms with Crippen LogP contribution in [0.1, 0.15) is 32.3 Å². The quantitative estimate of drug-likeness (QED) is 0.758. The van der Waals surface area contributed by atoms with Crippen LogP contribution in [0.3, 0.4) is 0 Å². The summed E-state index contributed by atoms with van der Waals surface area (Å²) in [5.41, 5.74) is 1.27. The van der Waals surface area contributed by atoms with Crippen molar-refractivity contribution in [3.8, 4) is 11.5 Å². The van der Waals surface area contributed by atoms with Crippen LogP contribution in [0.5, 0.6) is 11.5 Å². The molecule has 0 aliphatic carbocycles. The number of rotatable bonds is 9. The molecule has 1 fully saturated rings. The zero-order chi connectivity index (χ0) is 16.7. The molecule has 0 spiro atoms. The van der Waals surface area contributed by atoms with Gasteiger partial charge >= 0.3 is 0 Å². The minimum atomic E-state index is 0.453. The van der Waals surface area contributed by atoms with Gasteiger partial charge in [0.05, 0.1) is 14.2 Å². The highest BCUT2D eigenvalue weighted by Gasteiger charge is 2.15. The maximum absolute atomic E-state index is 5.38. The number of hydrogen-bond acceptors (Lipinski definition) is 4. The molecular weight excluding hydrogens is 288 g/mol. The molecule has 1 N–H and O–H groups in total. The van der Waals surface area contributed by atoms with Crippen LogP contribution >= 0.6 is 0 Å². The maximum Gasteiger partial charge on any atom is 0.160 e. The van der Waals surface area contributed by atoms with Crippen LogP contribution in [-0.4, -0.2) is 51.3 Å². The molecule has 1 aromatic carbocycles. The number of benzene rings is 1. The van der Waals surface area contributed by atoms with Crippen molar-refractivity contribution >= 4 is 0 Å². The van der Waals surface area contributed by atoms with E-state index in [0.717, 1.165) is 24.5 Å². The van der Waals surface area contributed by atoms with E-state index < -0.39 is 0 Å². The first-order valence-corrected chi connectivity index (χ1v) is 8.79. The predicted octanol–water partition coefficient (Wildman–Crippen LogP) is 2.96. The average molecular weight is 320 g/mol. The largest absolute Gasteiger partial charge is 0.493 e. The molecule has 0 bridgehead atoms. The fourth-order valence-corrected chi connectivity index (χ4v) is 3.31. The molecule has 2 atom stereocenters. The van der Waals surface area contributed by atoms with Crippen LogP contribution < -0.4 is 14.8 Å². The summed E-state index contributed by atoms with van der Waals surface area (Å²) in [4.78, 5) is 2.59. The third kappa shape index (κ3) is 5.70. The molecular formula is C19H32N2O2. The zero-order valence-electron chi connectivity index (χ0n) is 15.1. The molecule has 1 heterocycles. The number of methoxy groups -OCH3 is 2. The first-order chi connectivity index (χ1) is 11.1. The second-order valence-electron chi connectivity index (χ2n) is 6.82. The Hall–Kier alpha value is -1.26. The fraction of sp³-hybridized carbons (Fsp3) is 0.684. The summed E-state index contributed by atoms with van der Waals surface area (Å²) < 4.78 is 10.7. The molecule has 1 aromatic rings. The van der Waals surface area contributed by atoms with Gasteiger partial charge in [-0.3, -0.25) is 0 Å². The van der Waals surface area contributed by atoms with Gasteiger partial charge in [0.1, 0.15) is 0 Å². The molecule has 4 heteroatoms. The summed E-state index contributed by atoms with van der Waals surface area (Å²) in [6.45, 7) is 9.45. The lowest BCUT2D eigenvalue weighted by Gasteiger charge is -2.22. The molecule has 1 saturated heterocycles. The van der Waals surface area contributed by atoms with Gasteiger partial charge < -0.3 is 19.7 Å². The standard InChI is InChI=1S/C19H32N2O2/c1-15(14-21-9-5-6-10-21)13-20-16(2)11-17-7-8-18(22-3)19(12-17)23-4/h7-8,12,15-16,20H,5-6,9-11,13-14H2,1-4H3. The lowest BCUT2D eigenvalue weighted by Crippen LogP contribution is -2.36. The highest BCUT2D eigenvalue weighted by atomic mass is 16.5. The average Bonchev–Trinajstić information content (AvgIpc) is 3.05. The van der Waals surface area contributed by atoms with E-state index in [0.29, 0.717) is 12.0 Å². The minimum Gasteiger partial charge on any atom is -0.493 e. The van der Waals surface area contributed by atoms with E-state index in [9.17, 15) is 0 Å². The summed E-state index contributed by atoms with van der Waals surface area (Å²) in [6, 6.07) is 6.63. The van der Waals surface area contributed by atoms with Gasteiger partial charge in [-0.2, -0.15) is 0 Å². The molecule has 4 nitrogen and oxygen atoms in total. The molecule has 0 saturated carbocycles. The van der Waals surface area contributed by atoms with Crippen LogP contribution in [-0.2, 0) is 6.42 Å². The monoisotopic (exact) mass is 320 g/mol. The Balaban J connectivity index is 1.76. The Morgan fingerprint density at radius 2 is 1.78 bits per heavy atom. The molecule has 1 aliphatic rings. The molecule has 0 radical (unpaired) electrons. The third-order valence-electron chi connectivity index (χ3n) is 4.57. The smallest absolute Gasteiger partial charge is 0.160 e. The highest BCUT2D eigenvalue weighted by molar-refractivity contribution is 5.43. The first-order valence-electron chi connectivity index (χ1n) is 8.79. The van der Waals surface area contributed by atoms with Gasteiger partial charge in [-0.25, -0.2) is 0 Å². The van der Waals surface area contributed by atoms with Crippen molar-refractivity contribution < 1.29 is 9.47 Å². The second-order valence-corrected chi connectivity index (χ2v) is 6.82. The number of ether oxygens (including phenoxy) is 2. The third-order valence-corrected chi connectivity index (χ3v) is 4.57. The number of nitrogens with zero attached hydrogens (tertiary/aromatic N) is 1. The molecule has 1 aliphatic heterocycles. The molecule has 130 valence electrons. The predicted molar refractivity (Wildman–Crippen MR) is 95.6 cm³/mol. The van der Waals surface area contributed by atoms with Crippen LogP contribution in [0.25, 0.3) is 0 Å². The molecule has 0 aromatic heterocycles. The minimum absolute atomic E-state index is 0.453. The Labute approximate surface area is 141 Å². The molecule has 23 heavy (non-hydrogen) atoms. The van der Waals surface area contributed by atoms with Crippen LogP contribution in [0.4, 0.5) is 0 Å². The van der Waals surface area contributed by atoms with Gasteiger partial charge in [-0.1, -0.05) is 13.0 Å². The zero-order valence-corrected chi connectivity index (χ0v) is 15.1. The Morgan fingerprint density at radius 1 is 1.09 bits per heavy atom. The number of likely N-dealkylation sites (tertiary alicyclic amines) is 1. The lowest BCUT2D eigenvalue weighted by molar-refractivity contribution is 0.278. The Bertz CT molecular complexity index is 472. The summed E-state index contributed by atoms with van der Waals surface area (Å²) >= 11 is 0. The first kappa shape index (κ1) is 18.1. The SMILES string of the molecule is COc1ccc(CC(C)NCC(C)CN2CCCC2)cc1OC. The van der Waals surface area contributed by atoms with E-state index >= 15 is 0 Å². The normalized spacial score (nSPS) is 17.9. The van der Waals surface area contributed by atoms with Gasteiger partial charge in [0, 0.05) is 12.6 Å². The van der Waals surface area contributed by atoms with Crippen molar-refractivity contribution in [1.82, 2.24) is 10.2 Å². The fourth-order valence-electron chi connectivity index (χ4n) is 3.31. The maximum atomic E-state index is 5.38. The number of hydrogen-bond donors (Lipinski definition) is 1. The highest BCUT2D eigenvalue weighted by Crippen LogP contribution is 2.27. The van der Waals surface area contributed by atoms with Crippen LogP contribution in [0.2, 0.25) is 0 Å². The summed E-state index contributed by atoms with van der Waals surface area (Å²) in [5, 5.41) is 3.67. The van der Waals surface area contributed by atoms with E-state index in [1.54, 1.807) is 14.2 Å². The van der Waals surface area contributed by atoms with Gasteiger partial charge in [0.2, 0.25) is 0 Å². The lowest BCUT2D eigenvalue weighted by atomic mass is 10.1.